The van der Waals surface area contributed by atoms with Crippen LogP contribution < -0.4 is 0 Å². The Bertz CT molecular complexity index is 416. The highest BCUT2D eigenvalue weighted by Gasteiger charge is 2.23. The van der Waals surface area contributed by atoms with Crippen LogP contribution in [0.4, 0.5) is 0 Å². The third kappa shape index (κ3) is 2.96. The highest BCUT2D eigenvalue weighted by atomic mass is 16.8. The maximum Gasteiger partial charge on any atom is 0.305 e. The average Bonchev–Trinajstić information content (AvgIpc) is 2.86. The van der Waals surface area contributed by atoms with Crippen LogP contribution in [-0.4, -0.2) is 25.3 Å². The molecule has 1 aliphatic rings. The van der Waals surface area contributed by atoms with E-state index in [2.05, 4.69) is 9.89 Å². The lowest BCUT2D eigenvalue weighted by Crippen LogP contribution is -2.14. The van der Waals surface area contributed by atoms with E-state index in [4.69, 9.17) is 9.57 Å². The van der Waals surface area contributed by atoms with Gasteiger partial charge < -0.3 is 14.3 Å². The van der Waals surface area contributed by atoms with Gasteiger partial charge in [-0.1, -0.05) is 18.2 Å². The summed E-state index contributed by atoms with van der Waals surface area (Å²) < 4.78 is 10.00. The molecule has 5 nitrogen and oxygen atoms in total. The molecule has 90 valence electrons. The van der Waals surface area contributed by atoms with E-state index in [9.17, 15) is 4.79 Å². The number of rotatable bonds is 4. The molecule has 1 heterocycles. The van der Waals surface area contributed by atoms with Crippen LogP contribution >= 0.6 is 0 Å². The smallest absolute Gasteiger partial charge is 0.305 e. The molecule has 0 amide bonds. The quantitative estimate of drug-likeness (QED) is 0.745. The van der Waals surface area contributed by atoms with Gasteiger partial charge in [-0.3, -0.25) is 4.79 Å². The van der Waals surface area contributed by atoms with Crippen LogP contribution in [0.3, 0.4) is 0 Å². The second-order valence-electron chi connectivity index (χ2n) is 3.53. The molecule has 0 radical (unpaired) electrons. The molecule has 0 saturated heterocycles. The van der Waals surface area contributed by atoms with E-state index in [-0.39, 0.29) is 12.4 Å². The lowest BCUT2D eigenvalue weighted by Gasteiger charge is -2.07. The van der Waals surface area contributed by atoms with Gasteiger partial charge in [-0.15, -0.1) is 0 Å². The van der Waals surface area contributed by atoms with Crippen molar-refractivity contribution in [2.24, 2.45) is 5.16 Å². The summed E-state index contributed by atoms with van der Waals surface area (Å²) in [6.45, 7) is 0. The normalized spacial score (nSPS) is 17.9. The number of carbonyl (C=O) groups is 1. The largest absolute Gasteiger partial charge is 0.469 e. The number of benzene rings is 1. The van der Waals surface area contributed by atoms with Crippen molar-refractivity contribution in [1.29, 1.82) is 0 Å². The fourth-order valence-corrected chi connectivity index (χ4v) is 1.43. The Kier molecular flexibility index (Phi) is 3.59. The number of esters is 1. The summed E-state index contributed by atoms with van der Waals surface area (Å²) in [6.07, 6.45) is 0.162. The molecule has 1 aromatic carbocycles. The molecule has 17 heavy (non-hydrogen) atoms. The fourth-order valence-electron chi connectivity index (χ4n) is 1.43. The first-order valence-corrected chi connectivity index (χ1v) is 5.32. The van der Waals surface area contributed by atoms with Gasteiger partial charge in [0.15, 0.2) is 0 Å². The van der Waals surface area contributed by atoms with Gasteiger partial charge in [-0.2, -0.15) is 0 Å². The topological polar surface area (TPSA) is 57.1 Å². The van der Waals surface area contributed by atoms with Crippen molar-refractivity contribution in [2.45, 2.75) is 19.1 Å². The molecule has 5 heteroatoms. The molecule has 0 aromatic heterocycles. The molecule has 0 spiro atoms. The zero-order valence-electron chi connectivity index (χ0n) is 9.46. The first kappa shape index (κ1) is 11.4. The van der Waals surface area contributed by atoms with E-state index in [0.29, 0.717) is 12.3 Å². The Morgan fingerprint density at radius 3 is 2.88 bits per heavy atom. The predicted octanol–water partition coefficient (Wildman–Crippen LogP) is 1.67. The number of ether oxygens (including phenoxy) is 2. The van der Waals surface area contributed by atoms with Gasteiger partial charge in [0, 0.05) is 12.0 Å². The number of nitrogens with zero attached hydrogens (tertiary/aromatic N) is 1. The van der Waals surface area contributed by atoms with E-state index in [1.165, 1.54) is 7.11 Å². The van der Waals surface area contributed by atoms with Gasteiger partial charge in [0.25, 0.3) is 12.2 Å². The number of hydrogen-bond acceptors (Lipinski definition) is 5. The van der Waals surface area contributed by atoms with Gasteiger partial charge in [-0.05, 0) is 17.3 Å². The second-order valence-corrected chi connectivity index (χ2v) is 3.53. The number of hydrogen-bond donors (Lipinski definition) is 0. The van der Waals surface area contributed by atoms with Crippen LogP contribution in [0.2, 0.25) is 0 Å². The summed E-state index contributed by atoms with van der Waals surface area (Å²) in [7, 11) is 1.35. The Balaban J connectivity index is 1.85. The maximum atomic E-state index is 10.9. The van der Waals surface area contributed by atoms with Crippen molar-refractivity contribution in [3.8, 4) is 0 Å². The lowest BCUT2D eigenvalue weighted by molar-refractivity contribution is -0.143. The SMILES string of the molecule is COC(=O)CCC1ON=C(c2ccccc2)O1. The molecule has 0 saturated carbocycles. The minimum absolute atomic E-state index is 0.249. The minimum atomic E-state index is -0.510. The van der Waals surface area contributed by atoms with Crippen molar-refractivity contribution in [1.82, 2.24) is 0 Å². The van der Waals surface area contributed by atoms with Gasteiger partial charge in [0.2, 0.25) is 0 Å². The summed E-state index contributed by atoms with van der Waals surface area (Å²) >= 11 is 0. The van der Waals surface area contributed by atoms with E-state index in [0.717, 1.165) is 5.56 Å². The summed E-state index contributed by atoms with van der Waals surface area (Å²) in [5.74, 6) is 0.158. The van der Waals surface area contributed by atoms with Crippen molar-refractivity contribution in [3.63, 3.8) is 0 Å². The minimum Gasteiger partial charge on any atom is -0.469 e. The molecule has 0 fully saturated rings. The zero-order chi connectivity index (χ0) is 12.1. The van der Waals surface area contributed by atoms with Gasteiger partial charge in [0.05, 0.1) is 13.5 Å². The van der Waals surface area contributed by atoms with Gasteiger partial charge in [0.1, 0.15) is 0 Å². The summed E-state index contributed by atoms with van der Waals surface area (Å²) in [6, 6.07) is 9.45. The highest BCUT2D eigenvalue weighted by Crippen LogP contribution is 2.17. The standard InChI is InChI=1S/C12H13NO4/c1-15-10(14)7-8-11-16-12(13-17-11)9-5-3-2-4-6-9/h2-6,11H,7-8H2,1H3. The van der Waals surface area contributed by atoms with Crippen LogP contribution in [0.25, 0.3) is 0 Å². The number of carbonyl (C=O) groups excluding carboxylic acids is 1. The highest BCUT2D eigenvalue weighted by molar-refractivity contribution is 5.94. The molecule has 1 aliphatic heterocycles. The summed E-state index contributed by atoms with van der Waals surface area (Å²) in [5.41, 5.74) is 0.855. The molecule has 1 unspecified atom stereocenters. The number of oxime groups is 1. The van der Waals surface area contributed by atoms with Crippen molar-refractivity contribution in [2.75, 3.05) is 7.11 Å². The van der Waals surface area contributed by atoms with Crippen molar-refractivity contribution < 1.29 is 19.1 Å². The number of methoxy groups -OCH3 is 1. The zero-order valence-corrected chi connectivity index (χ0v) is 9.46. The summed E-state index contributed by atoms with van der Waals surface area (Å²) in [5, 5.41) is 3.83. The van der Waals surface area contributed by atoms with E-state index >= 15 is 0 Å². The van der Waals surface area contributed by atoms with E-state index in [1.54, 1.807) is 0 Å². The fraction of sp³-hybridized carbons (Fsp3) is 0.333. The summed E-state index contributed by atoms with van der Waals surface area (Å²) in [4.78, 5) is 16.0. The molecule has 0 bridgehead atoms. The molecule has 2 rings (SSSR count). The average molecular weight is 235 g/mol. The first-order chi connectivity index (χ1) is 8.29. The first-order valence-electron chi connectivity index (χ1n) is 5.32. The molecule has 1 aromatic rings. The third-order valence-electron chi connectivity index (χ3n) is 2.33. The Labute approximate surface area is 99.0 Å². The third-order valence-corrected chi connectivity index (χ3v) is 2.33. The van der Waals surface area contributed by atoms with Crippen molar-refractivity contribution >= 4 is 11.9 Å². The van der Waals surface area contributed by atoms with Gasteiger partial charge >= 0.3 is 5.97 Å². The Hall–Kier alpha value is -2.04. The lowest BCUT2D eigenvalue weighted by atomic mass is 10.2. The predicted molar refractivity (Wildman–Crippen MR) is 60.2 cm³/mol. The van der Waals surface area contributed by atoms with E-state index in [1.807, 2.05) is 30.3 Å². The second kappa shape index (κ2) is 5.34. The van der Waals surface area contributed by atoms with Crippen LogP contribution in [-0.2, 0) is 19.1 Å². The van der Waals surface area contributed by atoms with Crippen LogP contribution in [0.1, 0.15) is 18.4 Å². The molecule has 0 aliphatic carbocycles. The Morgan fingerprint density at radius 2 is 2.18 bits per heavy atom. The molecule has 0 N–H and O–H groups in total. The van der Waals surface area contributed by atoms with Crippen LogP contribution in [0.5, 0.6) is 0 Å². The molecule has 1 atom stereocenters. The molecular formula is C12H13NO4. The van der Waals surface area contributed by atoms with Crippen LogP contribution in [0, 0.1) is 0 Å². The van der Waals surface area contributed by atoms with Crippen LogP contribution in [0.15, 0.2) is 35.5 Å². The maximum absolute atomic E-state index is 10.9. The van der Waals surface area contributed by atoms with Crippen molar-refractivity contribution in [3.05, 3.63) is 35.9 Å². The van der Waals surface area contributed by atoms with E-state index < -0.39 is 6.29 Å². The molecular weight excluding hydrogens is 222 g/mol. The Morgan fingerprint density at radius 1 is 1.41 bits per heavy atom. The van der Waals surface area contributed by atoms with Gasteiger partial charge in [-0.25, -0.2) is 0 Å². The monoisotopic (exact) mass is 235 g/mol.